The Morgan fingerprint density at radius 1 is 1.41 bits per heavy atom. The van der Waals surface area contributed by atoms with Gasteiger partial charge in [-0.1, -0.05) is 18.2 Å². The molecule has 2 aromatic rings. The van der Waals surface area contributed by atoms with E-state index in [1.165, 1.54) is 7.11 Å². The fraction of sp³-hybridized carbons (Fsp3) is 0.167. The summed E-state index contributed by atoms with van der Waals surface area (Å²) in [5, 5.41) is 13.9. The lowest BCUT2D eigenvalue weighted by Gasteiger charge is -2.13. The van der Waals surface area contributed by atoms with Crippen molar-refractivity contribution in [2.75, 3.05) is 7.11 Å². The number of hydrogen-bond acceptors (Lipinski definition) is 4. The van der Waals surface area contributed by atoms with Gasteiger partial charge in [-0.3, -0.25) is 0 Å². The average Bonchev–Trinajstić information content (AvgIpc) is 2.90. The molecule has 0 amide bonds. The zero-order chi connectivity index (χ0) is 12.3. The molecule has 0 saturated carbocycles. The number of carbonyl (C=O) groups excluding carboxylic acids is 1. The molecule has 2 rings (SSSR count). The van der Waals surface area contributed by atoms with Crippen molar-refractivity contribution in [3.63, 3.8) is 0 Å². The molecule has 0 radical (unpaired) electrons. The van der Waals surface area contributed by atoms with Crippen molar-refractivity contribution < 1.29 is 14.6 Å². The molecule has 5 nitrogen and oxygen atoms in total. The van der Waals surface area contributed by atoms with Crippen molar-refractivity contribution in [1.29, 1.82) is 0 Å². The number of aliphatic hydroxyl groups excluding tert-OH is 1. The van der Waals surface area contributed by atoms with E-state index >= 15 is 0 Å². The molecule has 1 heterocycles. The topological polar surface area (TPSA) is 64.3 Å². The highest BCUT2D eigenvalue weighted by molar-refractivity contribution is 5.77. The Bertz CT molecular complexity index is 508. The fourth-order valence-corrected chi connectivity index (χ4v) is 1.58. The number of hydrogen-bond donors (Lipinski definition) is 1. The molecular formula is C12H12N2O3. The van der Waals surface area contributed by atoms with E-state index < -0.39 is 12.1 Å². The summed E-state index contributed by atoms with van der Waals surface area (Å²) in [6, 6.07) is 8.76. The molecular weight excluding hydrogens is 220 g/mol. The van der Waals surface area contributed by atoms with E-state index in [0.717, 1.165) is 0 Å². The first-order valence-electron chi connectivity index (χ1n) is 5.09. The van der Waals surface area contributed by atoms with E-state index in [4.69, 9.17) is 0 Å². The minimum atomic E-state index is -1.31. The molecule has 0 aliphatic heterocycles. The van der Waals surface area contributed by atoms with Crippen molar-refractivity contribution in [3.8, 4) is 5.69 Å². The molecule has 0 fully saturated rings. The quantitative estimate of drug-likeness (QED) is 0.804. The summed E-state index contributed by atoms with van der Waals surface area (Å²) in [7, 11) is 1.24. The first kappa shape index (κ1) is 11.3. The van der Waals surface area contributed by atoms with Crippen LogP contribution in [0.5, 0.6) is 0 Å². The number of carbonyl (C=O) groups is 1. The van der Waals surface area contributed by atoms with E-state index in [2.05, 4.69) is 9.84 Å². The van der Waals surface area contributed by atoms with Gasteiger partial charge in [0.25, 0.3) is 0 Å². The summed E-state index contributed by atoms with van der Waals surface area (Å²) in [6.45, 7) is 0. The van der Waals surface area contributed by atoms with Gasteiger partial charge in [0, 0.05) is 18.0 Å². The number of rotatable bonds is 3. The molecule has 1 aromatic carbocycles. The number of ether oxygens (including phenoxy) is 1. The number of benzene rings is 1. The van der Waals surface area contributed by atoms with Crippen LogP contribution >= 0.6 is 0 Å². The van der Waals surface area contributed by atoms with Crippen LogP contribution < -0.4 is 0 Å². The maximum atomic E-state index is 11.3. The first-order chi connectivity index (χ1) is 8.24. The highest BCUT2D eigenvalue weighted by Gasteiger charge is 2.21. The lowest BCUT2D eigenvalue weighted by molar-refractivity contribution is -0.150. The number of aromatic nitrogens is 2. The Labute approximate surface area is 98.3 Å². The van der Waals surface area contributed by atoms with Gasteiger partial charge in [-0.2, -0.15) is 5.10 Å². The monoisotopic (exact) mass is 232 g/mol. The Morgan fingerprint density at radius 2 is 2.18 bits per heavy atom. The largest absolute Gasteiger partial charge is 0.467 e. The summed E-state index contributed by atoms with van der Waals surface area (Å²) < 4.78 is 6.10. The van der Waals surface area contributed by atoms with Crippen LogP contribution in [-0.4, -0.2) is 28.0 Å². The lowest BCUT2D eigenvalue weighted by atomic mass is 10.1. The van der Waals surface area contributed by atoms with Gasteiger partial charge in [0.05, 0.1) is 12.8 Å². The van der Waals surface area contributed by atoms with Crippen molar-refractivity contribution in [3.05, 3.63) is 48.3 Å². The first-order valence-corrected chi connectivity index (χ1v) is 5.09. The van der Waals surface area contributed by atoms with Crippen LogP contribution in [0.1, 0.15) is 11.7 Å². The molecule has 17 heavy (non-hydrogen) atoms. The van der Waals surface area contributed by atoms with E-state index in [-0.39, 0.29) is 0 Å². The summed E-state index contributed by atoms with van der Waals surface area (Å²) in [5.41, 5.74) is 1.11. The highest BCUT2D eigenvalue weighted by Crippen LogP contribution is 2.21. The van der Waals surface area contributed by atoms with Crippen LogP contribution in [0.3, 0.4) is 0 Å². The van der Waals surface area contributed by atoms with Crippen LogP contribution in [0.25, 0.3) is 5.69 Å². The van der Waals surface area contributed by atoms with E-state index in [1.54, 1.807) is 41.3 Å². The minimum absolute atomic E-state index is 0.461. The Balaban J connectivity index is 2.44. The molecule has 88 valence electrons. The maximum absolute atomic E-state index is 11.3. The fourth-order valence-electron chi connectivity index (χ4n) is 1.58. The summed E-state index contributed by atoms with van der Waals surface area (Å²) in [6.07, 6.45) is 2.06. The highest BCUT2D eigenvalue weighted by atomic mass is 16.5. The van der Waals surface area contributed by atoms with Crippen molar-refractivity contribution in [2.45, 2.75) is 6.10 Å². The molecule has 1 aromatic heterocycles. The van der Waals surface area contributed by atoms with Gasteiger partial charge in [-0.15, -0.1) is 0 Å². The second kappa shape index (κ2) is 4.80. The van der Waals surface area contributed by atoms with Crippen LogP contribution in [0.4, 0.5) is 0 Å². The van der Waals surface area contributed by atoms with Gasteiger partial charge < -0.3 is 9.84 Å². The number of nitrogens with zero attached hydrogens (tertiary/aromatic N) is 2. The third kappa shape index (κ3) is 2.19. The number of para-hydroxylation sites is 1. The molecule has 0 aliphatic carbocycles. The summed E-state index contributed by atoms with van der Waals surface area (Å²) in [4.78, 5) is 11.3. The number of esters is 1. The standard InChI is InChI=1S/C12H12N2O3/c1-17-12(16)11(15)9-5-2-3-6-10(9)14-8-4-7-13-14/h2-8,11,15H,1H3. The molecule has 1 unspecified atom stereocenters. The number of methoxy groups -OCH3 is 1. The molecule has 0 aliphatic rings. The molecule has 0 saturated heterocycles. The van der Waals surface area contributed by atoms with Crippen LogP contribution in [0.2, 0.25) is 0 Å². The summed E-state index contributed by atoms with van der Waals surface area (Å²) in [5.74, 6) is -0.690. The van der Waals surface area contributed by atoms with Gasteiger partial charge in [-0.25, -0.2) is 9.48 Å². The number of aliphatic hydroxyl groups is 1. The molecule has 0 bridgehead atoms. The van der Waals surface area contributed by atoms with E-state index in [1.807, 2.05) is 6.07 Å². The van der Waals surface area contributed by atoms with Crippen LogP contribution in [0, 0.1) is 0 Å². The van der Waals surface area contributed by atoms with Crippen molar-refractivity contribution in [2.24, 2.45) is 0 Å². The average molecular weight is 232 g/mol. The maximum Gasteiger partial charge on any atom is 0.339 e. The van der Waals surface area contributed by atoms with Gasteiger partial charge in [0.2, 0.25) is 0 Å². The van der Waals surface area contributed by atoms with Gasteiger partial charge in [0.15, 0.2) is 6.10 Å². The molecule has 0 spiro atoms. The Morgan fingerprint density at radius 3 is 2.82 bits per heavy atom. The second-order valence-corrected chi connectivity index (χ2v) is 3.44. The Hall–Kier alpha value is -2.14. The zero-order valence-corrected chi connectivity index (χ0v) is 9.28. The van der Waals surface area contributed by atoms with E-state index in [0.29, 0.717) is 11.3 Å². The van der Waals surface area contributed by atoms with Gasteiger partial charge >= 0.3 is 5.97 Å². The minimum Gasteiger partial charge on any atom is -0.467 e. The van der Waals surface area contributed by atoms with E-state index in [9.17, 15) is 9.90 Å². The van der Waals surface area contributed by atoms with Crippen molar-refractivity contribution in [1.82, 2.24) is 9.78 Å². The normalized spacial score (nSPS) is 12.1. The van der Waals surface area contributed by atoms with Gasteiger partial charge in [-0.05, 0) is 12.1 Å². The summed E-state index contributed by atoms with van der Waals surface area (Å²) >= 11 is 0. The third-order valence-electron chi connectivity index (χ3n) is 2.41. The second-order valence-electron chi connectivity index (χ2n) is 3.44. The predicted molar refractivity (Wildman–Crippen MR) is 60.5 cm³/mol. The molecule has 5 heteroatoms. The Kier molecular flexibility index (Phi) is 3.20. The molecule has 1 atom stereocenters. The third-order valence-corrected chi connectivity index (χ3v) is 2.41. The SMILES string of the molecule is COC(=O)C(O)c1ccccc1-n1cccn1. The molecule has 1 N–H and O–H groups in total. The van der Waals surface area contributed by atoms with Gasteiger partial charge in [0.1, 0.15) is 0 Å². The van der Waals surface area contributed by atoms with Crippen LogP contribution in [0.15, 0.2) is 42.7 Å². The predicted octanol–water partition coefficient (Wildman–Crippen LogP) is 1.08. The lowest BCUT2D eigenvalue weighted by Crippen LogP contribution is -2.15. The zero-order valence-electron chi connectivity index (χ0n) is 9.28. The smallest absolute Gasteiger partial charge is 0.339 e. The van der Waals surface area contributed by atoms with Crippen LogP contribution in [-0.2, 0) is 9.53 Å². The van der Waals surface area contributed by atoms with Crippen molar-refractivity contribution >= 4 is 5.97 Å².